The fraction of sp³-hybridized carbons (Fsp3) is 0.214. The predicted octanol–water partition coefficient (Wildman–Crippen LogP) is 5.04. The lowest BCUT2D eigenvalue weighted by molar-refractivity contribution is 0.0603. The monoisotopic (exact) mass is 364 g/mol. The van der Waals surface area contributed by atoms with Crippen molar-refractivity contribution in [3.05, 3.63) is 40.8 Å². The Morgan fingerprint density at radius 2 is 1.76 bits per heavy atom. The van der Waals surface area contributed by atoms with Crippen molar-refractivity contribution in [3.8, 4) is 16.2 Å². The maximum absolute atomic E-state index is 11.7. The number of methoxy groups -OCH3 is 2. The van der Waals surface area contributed by atoms with Gasteiger partial charge in [0.2, 0.25) is 3.79 Å². The van der Waals surface area contributed by atoms with Crippen LogP contribution >= 0.6 is 46.1 Å². The van der Waals surface area contributed by atoms with Crippen LogP contribution < -0.4 is 4.74 Å². The third-order valence-corrected chi connectivity index (χ3v) is 4.59. The summed E-state index contributed by atoms with van der Waals surface area (Å²) in [5.74, 6) is 0.0494. The van der Waals surface area contributed by atoms with Crippen molar-refractivity contribution in [3.63, 3.8) is 0 Å². The number of carbonyl (C=O) groups excluding carboxylic acids is 1. The highest BCUT2D eigenvalue weighted by Gasteiger charge is 2.23. The van der Waals surface area contributed by atoms with Crippen molar-refractivity contribution in [2.45, 2.75) is 3.79 Å². The van der Waals surface area contributed by atoms with E-state index < -0.39 is 9.76 Å². The molecule has 0 saturated carbocycles. The van der Waals surface area contributed by atoms with Crippen LogP contribution in [0.3, 0.4) is 0 Å². The van der Waals surface area contributed by atoms with Crippen LogP contribution in [-0.2, 0) is 8.53 Å². The summed E-state index contributed by atoms with van der Waals surface area (Å²) in [6, 6.07) is 8.88. The average molecular weight is 366 g/mol. The molecule has 0 radical (unpaired) electrons. The molecule has 0 aliphatic carbocycles. The van der Waals surface area contributed by atoms with Crippen LogP contribution in [0.5, 0.6) is 5.75 Å². The Morgan fingerprint density at radius 3 is 2.24 bits per heavy atom. The molecule has 7 heteroatoms. The lowest BCUT2D eigenvalue weighted by atomic mass is 10.1. The van der Waals surface area contributed by atoms with Crippen molar-refractivity contribution >= 4 is 52.1 Å². The van der Waals surface area contributed by atoms with Crippen LogP contribution in [0.15, 0.2) is 30.3 Å². The van der Waals surface area contributed by atoms with Gasteiger partial charge in [0.1, 0.15) is 5.75 Å². The zero-order valence-electron chi connectivity index (χ0n) is 11.2. The molecule has 21 heavy (non-hydrogen) atoms. The number of alkyl halides is 3. The molecule has 0 unspecified atom stereocenters. The minimum Gasteiger partial charge on any atom is -0.495 e. The average Bonchev–Trinajstić information content (AvgIpc) is 2.90. The quantitative estimate of drug-likeness (QED) is 0.565. The molecule has 1 heterocycles. The zero-order valence-corrected chi connectivity index (χ0v) is 14.2. The second kappa shape index (κ2) is 6.44. The van der Waals surface area contributed by atoms with E-state index in [9.17, 15) is 4.79 Å². The van der Waals surface area contributed by atoms with Crippen molar-refractivity contribution < 1.29 is 14.3 Å². The van der Waals surface area contributed by atoms with Gasteiger partial charge < -0.3 is 9.47 Å². The van der Waals surface area contributed by atoms with Gasteiger partial charge in [-0.05, 0) is 11.6 Å². The highest BCUT2D eigenvalue weighted by atomic mass is 35.6. The third kappa shape index (κ3) is 3.64. The molecule has 0 atom stereocenters. The Morgan fingerprint density at radius 1 is 1.14 bits per heavy atom. The zero-order chi connectivity index (χ0) is 15.6. The van der Waals surface area contributed by atoms with Gasteiger partial charge in [0, 0.05) is 10.4 Å². The molecular weight excluding hydrogens is 355 g/mol. The van der Waals surface area contributed by atoms with E-state index in [0.29, 0.717) is 16.2 Å². The SMILES string of the molecule is COC(=O)c1sc(-c2ccc(C(Cl)(Cl)Cl)cc2)cc1OC. The molecule has 0 aliphatic rings. The summed E-state index contributed by atoms with van der Waals surface area (Å²) < 4.78 is 8.47. The molecule has 0 bridgehead atoms. The van der Waals surface area contributed by atoms with Crippen LogP contribution in [0.1, 0.15) is 15.2 Å². The van der Waals surface area contributed by atoms with Gasteiger partial charge in [0.25, 0.3) is 0 Å². The summed E-state index contributed by atoms with van der Waals surface area (Å²) in [6.45, 7) is 0. The molecule has 2 rings (SSSR count). The molecule has 2 aromatic rings. The van der Waals surface area contributed by atoms with Crippen LogP contribution in [-0.4, -0.2) is 20.2 Å². The maximum Gasteiger partial charge on any atom is 0.351 e. The number of esters is 1. The van der Waals surface area contributed by atoms with E-state index in [1.807, 2.05) is 12.1 Å². The van der Waals surface area contributed by atoms with Gasteiger partial charge in [-0.3, -0.25) is 0 Å². The molecule has 1 aromatic carbocycles. The van der Waals surface area contributed by atoms with Gasteiger partial charge in [-0.1, -0.05) is 59.1 Å². The van der Waals surface area contributed by atoms with E-state index in [1.54, 1.807) is 18.2 Å². The minimum atomic E-state index is -1.46. The van der Waals surface area contributed by atoms with E-state index in [-0.39, 0.29) is 0 Å². The number of carbonyl (C=O) groups is 1. The first-order chi connectivity index (χ1) is 9.86. The summed E-state index contributed by atoms with van der Waals surface area (Å²) >= 11 is 18.7. The summed E-state index contributed by atoms with van der Waals surface area (Å²) in [7, 11) is 2.83. The molecule has 0 aliphatic heterocycles. The lowest BCUT2D eigenvalue weighted by Crippen LogP contribution is -1.99. The highest BCUT2D eigenvalue weighted by molar-refractivity contribution is 7.17. The number of hydrogen-bond acceptors (Lipinski definition) is 4. The topological polar surface area (TPSA) is 35.5 Å². The molecule has 0 spiro atoms. The largest absolute Gasteiger partial charge is 0.495 e. The van der Waals surface area contributed by atoms with Crippen LogP contribution in [0, 0.1) is 0 Å². The van der Waals surface area contributed by atoms with Crippen LogP contribution in [0.25, 0.3) is 10.4 Å². The molecule has 0 fully saturated rings. The number of benzene rings is 1. The first kappa shape index (κ1) is 16.4. The number of ether oxygens (including phenoxy) is 2. The fourth-order valence-electron chi connectivity index (χ4n) is 1.73. The molecule has 0 amide bonds. The second-order valence-electron chi connectivity index (χ2n) is 4.07. The Bertz CT molecular complexity index is 644. The summed E-state index contributed by atoms with van der Waals surface area (Å²) in [5, 5.41) is 0. The normalized spacial score (nSPS) is 11.3. The van der Waals surface area contributed by atoms with E-state index >= 15 is 0 Å². The Kier molecular flexibility index (Phi) is 5.04. The standard InChI is InChI=1S/C14H11Cl3O3S/c1-19-10-7-11(21-12(10)13(18)20-2)8-3-5-9(6-4-8)14(15,16)17/h3-7H,1-2H3. The van der Waals surface area contributed by atoms with Gasteiger partial charge >= 0.3 is 5.97 Å². The third-order valence-electron chi connectivity index (χ3n) is 2.79. The van der Waals surface area contributed by atoms with E-state index in [4.69, 9.17) is 44.3 Å². The first-order valence-corrected chi connectivity index (χ1v) is 7.75. The van der Waals surface area contributed by atoms with E-state index in [1.165, 1.54) is 25.6 Å². The van der Waals surface area contributed by atoms with Crippen LogP contribution in [0.4, 0.5) is 0 Å². The van der Waals surface area contributed by atoms with Crippen LogP contribution in [0.2, 0.25) is 0 Å². The predicted molar refractivity (Wildman–Crippen MR) is 86.9 cm³/mol. The molecule has 3 nitrogen and oxygen atoms in total. The van der Waals surface area contributed by atoms with Gasteiger partial charge in [-0.15, -0.1) is 11.3 Å². The minimum absolute atomic E-state index is 0.417. The maximum atomic E-state index is 11.7. The van der Waals surface area contributed by atoms with Gasteiger partial charge in [-0.2, -0.15) is 0 Å². The van der Waals surface area contributed by atoms with Gasteiger partial charge in [-0.25, -0.2) is 4.79 Å². The Balaban J connectivity index is 2.38. The molecular formula is C14H11Cl3O3S. The van der Waals surface area contributed by atoms with Crippen molar-refractivity contribution in [2.24, 2.45) is 0 Å². The number of hydrogen-bond donors (Lipinski definition) is 0. The van der Waals surface area contributed by atoms with Crippen molar-refractivity contribution in [2.75, 3.05) is 14.2 Å². The fourth-order valence-corrected chi connectivity index (χ4v) is 3.15. The lowest BCUT2D eigenvalue weighted by Gasteiger charge is -2.11. The van der Waals surface area contributed by atoms with Crippen molar-refractivity contribution in [1.29, 1.82) is 0 Å². The number of halogens is 3. The van der Waals surface area contributed by atoms with E-state index in [0.717, 1.165) is 10.4 Å². The van der Waals surface area contributed by atoms with Gasteiger partial charge in [0.15, 0.2) is 4.88 Å². The van der Waals surface area contributed by atoms with Gasteiger partial charge in [0.05, 0.1) is 14.2 Å². The van der Waals surface area contributed by atoms with Crippen molar-refractivity contribution in [1.82, 2.24) is 0 Å². The Labute approximate surface area is 141 Å². The number of thiophene rings is 1. The van der Waals surface area contributed by atoms with E-state index in [2.05, 4.69) is 0 Å². The highest BCUT2D eigenvalue weighted by Crippen LogP contribution is 2.40. The molecule has 1 aromatic heterocycles. The summed E-state index contributed by atoms with van der Waals surface area (Å²) in [5.41, 5.74) is 1.47. The first-order valence-electron chi connectivity index (χ1n) is 5.80. The second-order valence-corrected chi connectivity index (χ2v) is 7.41. The molecule has 0 N–H and O–H groups in total. The Hall–Kier alpha value is -0.940. The smallest absolute Gasteiger partial charge is 0.351 e. The summed E-state index contributed by atoms with van der Waals surface area (Å²) in [6.07, 6.45) is 0. The summed E-state index contributed by atoms with van der Waals surface area (Å²) in [4.78, 5) is 13.0. The molecule has 112 valence electrons. The molecule has 0 saturated heterocycles. The number of rotatable bonds is 3.